The molecule has 0 heterocycles. The fourth-order valence-corrected chi connectivity index (χ4v) is 0. The first kappa shape index (κ1) is 34.7. The molecule has 0 radical (unpaired) electrons. The molecule has 21 heavy (non-hydrogen) atoms. The number of rotatable bonds is 0. The fourth-order valence-electron chi connectivity index (χ4n) is 0. The van der Waals surface area contributed by atoms with Crippen molar-refractivity contribution in [2.75, 3.05) is 0 Å². The summed E-state index contributed by atoms with van der Waals surface area (Å²) in [6.07, 6.45) is 0. The van der Waals surface area contributed by atoms with Crippen LogP contribution in [0.25, 0.3) is 0 Å². The molecule has 0 saturated carbocycles. The summed E-state index contributed by atoms with van der Waals surface area (Å²) in [6.45, 7) is 25.8. The van der Waals surface area contributed by atoms with E-state index in [0.717, 1.165) is 0 Å². The molecular formula is C16H44P4Pd. The molecule has 5 heteroatoms. The van der Waals surface area contributed by atoms with Crippen LogP contribution in [0.3, 0.4) is 0 Å². The minimum Gasteiger partial charge on any atom is -0.132 e. The van der Waals surface area contributed by atoms with Gasteiger partial charge >= 0.3 is 0 Å². The molecule has 138 valence electrons. The Morgan fingerprint density at radius 1 is 0.333 bits per heavy atom. The summed E-state index contributed by atoms with van der Waals surface area (Å²) in [4.78, 5) is 0. The van der Waals surface area contributed by atoms with Gasteiger partial charge in [0.25, 0.3) is 0 Å². The van der Waals surface area contributed by atoms with E-state index >= 15 is 0 Å². The van der Waals surface area contributed by atoms with Gasteiger partial charge in [-0.05, 0) is 20.6 Å². The summed E-state index contributed by atoms with van der Waals surface area (Å²) >= 11 is 0. The van der Waals surface area contributed by atoms with Gasteiger partial charge in [0.05, 0.1) is 0 Å². The Labute approximate surface area is 160 Å². The Morgan fingerprint density at radius 2 is 0.333 bits per heavy atom. The first-order chi connectivity index (χ1) is 8.00. The predicted molar refractivity (Wildman–Crippen MR) is 118 cm³/mol. The molecule has 0 nitrogen and oxygen atoms in total. The van der Waals surface area contributed by atoms with E-state index in [1.54, 1.807) is 0 Å². The van der Waals surface area contributed by atoms with Gasteiger partial charge in [0, 0.05) is 20.4 Å². The molecule has 0 aliphatic rings. The second-order valence-corrected chi connectivity index (χ2v) is 16.4. The van der Waals surface area contributed by atoms with E-state index in [4.69, 9.17) is 0 Å². The maximum atomic E-state index is 2.72. The zero-order valence-electron chi connectivity index (χ0n) is 16.6. The minimum absolute atomic E-state index is 0. The molecule has 0 spiro atoms. The average Bonchev–Trinajstić information content (AvgIpc) is 1.62. The van der Waals surface area contributed by atoms with Gasteiger partial charge in [-0.25, -0.2) is 0 Å². The number of hydrogen-bond donors (Lipinski definition) is 0. The van der Waals surface area contributed by atoms with Gasteiger partial charge in [0.1, 0.15) is 0 Å². The van der Waals surface area contributed by atoms with Gasteiger partial charge in [-0.15, -0.1) is 37.0 Å². The molecule has 4 unspecified atom stereocenters. The summed E-state index contributed by atoms with van der Waals surface area (Å²) in [5, 5.41) is 1.67. The van der Waals surface area contributed by atoms with Gasteiger partial charge < -0.3 is 0 Å². The Bertz CT molecular complexity index is 130. The van der Waals surface area contributed by atoms with Crippen molar-refractivity contribution < 1.29 is 20.4 Å². The molecule has 0 aliphatic carbocycles. The molecular weight excluding hydrogens is 422 g/mol. The van der Waals surface area contributed by atoms with E-state index in [1.807, 2.05) is 0 Å². The summed E-state index contributed by atoms with van der Waals surface area (Å²) in [6, 6.07) is 0. The first-order valence-electron chi connectivity index (χ1n) is 7.15. The monoisotopic (exact) mass is 466 g/mol. The van der Waals surface area contributed by atoms with E-state index in [9.17, 15) is 0 Å². The zero-order valence-corrected chi connectivity index (χ0v) is 22.8. The largest absolute Gasteiger partial charge is 0.132 e. The van der Waals surface area contributed by atoms with Crippen LogP contribution in [0.2, 0.25) is 0 Å². The van der Waals surface area contributed by atoms with Gasteiger partial charge in [0.15, 0.2) is 0 Å². The predicted octanol–water partition coefficient (Wildman–Crippen LogP) is 6.64. The van der Waals surface area contributed by atoms with Crippen molar-refractivity contribution in [3.8, 4) is 0 Å². The molecule has 0 aromatic heterocycles. The summed E-state index contributed by atoms with van der Waals surface area (Å²) in [5.41, 5.74) is 0. The van der Waals surface area contributed by atoms with Crippen LogP contribution >= 0.6 is 37.0 Å². The Balaban J connectivity index is -0.0000000533. The van der Waals surface area contributed by atoms with Crippen molar-refractivity contribution in [2.24, 2.45) is 0 Å². The van der Waals surface area contributed by atoms with E-state index in [1.165, 1.54) is 0 Å². The van der Waals surface area contributed by atoms with Crippen LogP contribution < -0.4 is 0 Å². The molecule has 4 atom stereocenters. The van der Waals surface area contributed by atoms with Crippen LogP contribution in [0.15, 0.2) is 0 Å². The molecule has 0 bridgehead atoms. The van der Waals surface area contributed by atoms with Crippen molar-refractivity contribution in [2.45, 2.75) is 104 Å². The van der Waals surface area contributed by atoms with Gasteiger partial charge in [-0.1, -0.05) is 83.1 Å². The van der Waals surface area contributed by atoms with Crippen LogP contribution in [0.1, 0.15) is 83.1 Å². The summed E-state index contributed by atoms with van der Waals surface area (Å²) < 4.78 is 0. The molecule has 0 rings (SSSR count). The van der Waals surface area contributed by atoms with Crippen molar-refractivity contribution in [1.29, 1.82) is 0 Å². The Hall–Kier alpha value is 2.38. The minimum atomic E-state index is 0. The van der Waals surface area contributed by atoms with E-state index in [2.05, 4.69) is 120 Å². The zero-order chi connectivity index (χ0) is 18.0. The third-order valence-corrected chi connectivity index (χ3v) is 0. The standard InChI is InChI=1S/4C4H11P.Pd/c4*1-4(2,3)5;/h4*5H2,1-3H3;. The molecule has 0 saturated heterocycles. The normalized spacial score (nSPS) is 11.4. The molecule has 0 aromatic rings. The van der Waals surface area contributed by atoms with Crippen LogP contribution in [-0.4, -0.2) is 20.6 Å². The van der Waals surface area contributed by atoms with Crippen LogP contribution in [-0.2, 0) is 20.4 Å². The second kappa shape index (κ2) is 14.7. The Morgan fingerprint density at radius 3 is 0.333 bits per heavy atom. The maximum absolute atomic E-state index is 2.72. The molecule has 0 fully saturated rings. The molecule has 0 aromatic carbocycles. The van der Waals surface area contributed by atoms with Crippen molar-refractivity contribution in [3.63, 3.8) is 0 Å². The van der Waals surface area contributed by atoms with Gasteiger partial charge in [-0.2, -0.15) is 0 Å². The van der Waals surface area contributed by atoms with Crippen LogP contribution in [0, 0.1) is 0 Å². The quantitative estimate of drug-likeness (QED) is 0.277. The third kappa shape index (κ3) is 1640. The molecule has 0 amide bonds. The smallest absolute Gasteiger partial charge is 0 e. The van der Waals surface area contributed by atoms with E-state index in [-0.39, 0.29) is 20.4 Å². The topological polar surface area (TPSA) is 0 Å². The fraction of sp³-hybridized carbons (Fsp3) is 1.00. The first-order valence-corrected chi connectivity index (χ1v) is 9.46. The number of hydrogen-bond acceptors (Lipinski definition) is 0. The van der Waals surface area contributed by atoms with Gasteiger partial charge in [-0.3, -0.25) is 0 Å². The SMILES string of the molecule is CC(C)(C)P.CC(C)(C)P.CC(C)(C)P.CC(C)(C)P.[Pd]. The van der Waals surface area contributed by atoms with Crippen LogP contribution in [0.5, 0.6) is 0 Å². The maximum Gasteiger partial charge on any atom is 0 e. The van der Waals surface area contributed by atoms with Crippen molar-refractivity contribution in [3.05, 3.63) is 0 Å². The average molecular weight is 467 g/mol. The van der Waals surface area contributed by atoms with Crippen molar-refractivity contribution >= 4 is 37.0 Å². The Kier molecular flexibility index (Phi) is 24.3. The second-order valence-electron chi connectivity index (χ2n) is 9.46. The third-order valence-electron chi connectivity index (χ3n) is 0. The molecule has 0 N–H and O–H groups in total. The summed E-state index contributed by atoms with van der Waals surface area (Å²) in [7, 11) is 10.9. The van der Waals surface area contributed by atoms with E-state index in [0.29, 0.717) is 20.6 Å². The summed E-state index contributed by atoms with van der Waals surface area (Å²) in [5.74, 6) is 0. The van der Waals surface area contributed by atoms with E-state index < -0.39 is 0 Å². The molecule has 0 aliphatic heterocycles. The van der Waals surface area contributed by atoms with Crippen molar-refractivity contribution in [1.82, 2.24) is 0 Å². The van der Waals surface area contributed by atoms with Crippen LogP contribution in [0.4, 0.5) is 0 Å². The van der Waals surface area contributed by atoms with Gasteiger partial charge in [0.2, 0.25) is 0 Å².